The molecule has 210 valence electrons. The zero-order chi connectivity index (χ0) is 29.0. The standard InChI is InChI=1S/C33H32FN3O4/c34-27-16-13-24(14-17-27)21-30(32(40)35-22-26-11-6-10-25-9-4-5-12-28(25)26)37-33(41)29(19-20-38)36-31(39)18-15-23-7-2-1-3-8-23/h1-14,16-17,20,29-30H,15,18-19,21-22H2,(H,35,40)(H,36,39)(H,37,41)/t29-,30-/m0/s1. The van der Waals surface area contributed by atoms with Crippen LogP contribution in [-0.4, -0.2) is 36.1 Å². The number of halogens is 1. The van der Waals surface area contributed by atoms with Gasteiger partial charge in [-0.15, -0.1) is 0 Å². The second-order valence-electron chi connectivity index (χ2n) is 9.76. The van der Waals surface area contributed by atoms with E-state index >= 15 is 0 Å². The molecule has 0 radical (unpaired) electrons. The lowest BCUT2D eigenvalue weighted by atomic mass is 10.0. The molecule has 0 saturated carbocycles. The summed E-state index contributed by atoms with van der Waals surface area (Å²) >= 11 is 0. The molecule has 4 aromatic rings. The van der Waals surface area contributed by atoms with E-state index in [1.165, 1.54) is 12.1 Å². The lowest BCUT2D eigenvalue weighted by Gasteiger charge is -2.23. The van der Waals surface area contributed by atoms with Crippen LogP contribution in [0.15, 0.2) is 97.1 Å². The van der Waals surface area contributed by atoms with Crippen LogP contribution in [0.3, 0.4) is 0 Å². The van der Waals surface area contributed by atoms with Crippen molar-refractivity contribution in [1.29, 1.82) is 0 Å². The molecule has 3 N–H and O–H groups in total. The Morgan fingerprint density at radius 2 is 1.44 bits per heavy atom. The lowest BCUT2D eigenvalue weighted by molar-refractivity contribution is -0.132. The Morgan fingerprint density at radius 1 is 0.732 bits per heavy atom. The van der Waals surface area contributed by atoms with Crippen LogP contribution in [0.5, 0.6) is 0 Å². The third-order valence-electron chi connectivity index (χ3n) is 6.79. The van der Waals surface area contributed by atoms with Crippen molar-refractivity contribution in [2.75, 3.05) is 0 Å². The van der Waals surface area contributed by atoms with Gasteiger partial charge in [0.1, 0.15) is 24.2 Å². The fourth-order valence-corrected chi connectivity index (χ4v) is 4.59. The molecule has 0 spiro atoms. The maximum absolute atomic E-state index is 13.5. The molecule has 0 aromatic heterocycles. The van der Waals surface area contributed by atoms with E-state index in [0.29, 0.717) is 18.3 Å². The highest BCUT2D eigenvalue weighted by molar-refractivity contribution is 5.93. The van der Waals surface area contributed by atoms with Gasteiger partial charge in [0.25, 0.3) is 0 Å². The minimum atomic E-state index is -1.14. The molecule has 41 heavy (non-hydrogen) atoms. The molecule has 0 fully saturated rings. The van der Waals surface area contributed by atoms with Crippen molar-refractivity contribution in [1.82, 2.24) is 16.0 Å². The molecule has 0 aliphatic heterocycles. The maximum Gasteiger partial charge on any atom is 0.243 e. The molecule has 7 nitrogen and oxygen atoms in total. The molecular formula is C33H32FN3O4. The van der Waals surface area contributed by atoms with E-state index < -0.39 is 29.7 Å². The van der Waals surface area contributed by atoms with Crippen LogP contribution in [0, 0.1) is 5.82 Å². The summed E-state index contributed by atoms with van der Waals surface area (Å²) in [5, 5.41) is 10.2. The number of benzene rings is 4. The summed E-state index contributed by atoms with van der Waals surface area (Å²) in [4.78, 5) is 50.5. The van der Waals surface area contributed by atoms with Crippen molar-refractivity contribution in [3.05, 3.63) is 120 Å². The second kappa shape index (κ2) is 14.5. The van der Waals surface area contributed by atoms with E-state index in [0.717, 1.165) is 21.9 Å². The van der Waals surface area contributed by atoms with E-state index in [9.17, 15) is 23.6 Å². The van der Waals surface area contributed by atoms with Gasteiger partial charge >= 0.3 is 0 Å². The first-order valence-electron chi connectivity index (χ1n) is 13.5. The normalized spacial score (nSPS) is 12.2. The van der Waals surface area contributed by atoms with E-state index in [4.69, 9.17) is 0 Å². The molecule has 0 bridgehead atoms. The van der Waals surface area contributed by atoms with Crippen LogP contribution in [0.4, 0.5) is 4.39 Å². The number of aldehydes is 1. The molecule has 0 heterocycles. The number of nitrogens with one attached hydrogen (secondary N) is 3. The average Bonchev–Trinajstić information content (AvgIpc) is 2.99. The molecule has 0 aliphatic carbocycles. The average molecular weight is 554 g/mol. The van der Waals surface area contributed by atoms with E-state index in [1.54, 1.807) is 12.1 Å². The Hall–Kier alpha value is -4.85. The lowest BCUT2D eigenvalue weighted by Crippen LogP contribution is -2.54. The van der Waals surface area contributed by atoms with Crippen molar-refractivity contribution in [2.24, 2.45) is 0 Å². The summed E-state index contributed by atoms with van der Waals surface area (Å²) in [6.45, 7) is 0.226. The van der Waals surface area contributed by atoms with Gasteiger partial charge in [0, 0.05) is 25.8 Å². The van der Waals surface area contributed by atoms with Crippen LogP contribution < -0.4 is 16.0 Å². The van der Waals surface area contributed by atoms with Crippen LogP contribution >= 0.6 is 0 Å². The molecule has 8 heteroatoms. The Labute approximate surface area is 238 Å². The van der Waals surface area contributed by atoms with Crippen LogP contribution in [0.1, 0.15) is 29.5 Å². The third-order valence-corrected chi connectivity index (χ3v) is 6.79. The smallest absolute Gasteiger partial charge is 0.243 e. The van der Waals surface area contributed by atoms with Gasteiger partial charge in [-0.3, -0.25) is 14.4 Å². The number of amides is 3. The maximum atomic E-state index is 13.5. The molecule has 0 unspecified atom stereocenters. The largest absolute Gasteiger partial charge is 0.350 e. The first-order valence-corrected chi connectivity index (χ1v) is 13.5. The van der Waals surface area contributed by atoms with Gasteiger partial charge in [-0.1, -0.05) is 84.9 Å². The Kier molecular flexibility index (Phi) is 10.3. The molecule has 0 aliphatic rings. The Bertz CT molecular complexity index is 1490. The SMILES string of the molecule is O=CC[C@H](NC(=O)CCc1ccccc1)C(=O)N[C@@H](Cc1ccc(F)cc1)C(=O)NCc1cccc2ccccc12. The molecule has 4 rings (SSSR count). The Morgan fingerprint density at radius 3 is 2.20 bits per heavy atom. The van der Waals surface area contributed by atoms with E-state index in [1.807, 2.05) is 72.8 Å². The van der Waals surface area contributed by atoms with E-state index in [-0.39, 0.29) is 31.7 Å². The van der Waals surface area contributed by atoms with Gasteiger partial charge in [0.2, 0.25) is 17.7 Å². The number of aryl methyl sites for hydroxylation is 1. The summed E-state index contributed by atoms with van der Waals surface area (Å²) in [6.07, 6.45) is 1.01. The van der Waals surface area contributed by atoms with Gasteiger partial charge < -0.3 is 20.7 Å². The zero-order valence-electron chi connectivity index (χ0n) is 22.5. The molecule has 0 saturated heterocycles. The number of hydrogen-bond acceptors (Lipinski definition) is 4. The third kappa shape index (κ3) is 8.57. The van der Waals surface area contributed by atoms with Crippen molar-refractivity contribution in [3.63, 3.8) is 0 Å². The summed E-state index contributed by atoms with van der Waals surface area (Å²) in [5.41, 5.74) is 2.52. The molecule has 2 atom stereocenters. The molecule has 3 amide bonds. The summed E-state index contributed by atoms with van der Waals surface area (Å²) in [6, 6.07) is 26.6. The van der Waals surface area contributed by atoms with Crippen LogP contribution in [0.25, 0.3) is 10.8 Å². The number of fused-ring (bicyclic) bond motifs is 1. The van der Waals surface area contributed by atoms with Crippen molar-refractivity contribution in [3.8, 4) is 0 Å². The number of hydrogen-bond donors (Lipinski definition) is 3. The summed E-state index contributed by atoms with van der Waals surface area (Å²) in [7, 11) is 0. The highest BCUT2D eigenvalue weighted by atomic mass is 19.1. The topological polar surface area (TPSA) is 104 Å². The number of rotatable bonds is 13. The van der Waals surface area contributed by atoms with Gasteiger partial charge in [-0.05, 0) is 46.0 Å². The number of carbonyl (C=O) groups is 4. The predicted octanol–water partition coefficient (Wildman–Crippen LogP) is 4.03. The summed E-state index contributed by atoms with van der Waals surface area (Å²) in [5.74, 6) is -1.90. The van der Waals surface area contributed by atoms with Crippen molar-refractivity contribution < 1.29 is 23.6 Å². The van der Waals surface area contributed by atoms with Crippen LogP contribution in [0.2, 0.25) is 0 Å². The highest BCUT2D eigenvalue weighted by Gasteiger charge is 2.27. The van der Waals surface area contributed by atoms with Gasteiger partial charge in [-0.2, -0.15) is 0 Å². The zero-order valence-corrected chi connectivity index (χ0v) is 22.5. The van der Waals surface area contributed by atoms with Crippen LogP contribution in [-0.2, 0) is 38.6 Å². The first kappa shape index (κ1) is 29.1. The predicted molar refractivity (Wildman–Crippen MR) is 155 cm³/mol. The minimum Gasteiger partial charge on any atom is -0.350 e. The minimum absolute atomic E-state index is 0.0865. The fraction of sp³-hybridized carbons (Fsp3) is 0.212. The quantitative estimate of drug-likeness (QED) is 0.218. The monoisotopic (exact) mass is 553 g/mol. The summed E-state index contributed by atoms with van der Waals surface area (Å²) < 4.78 is 13.5. The van der Waals surface area contributed by atoms with Gasteiger partial charge in [0.15, 0.2) is 0 Å². The highest BCUT2D eigenvalue weighted by Crippen LogP contribution is 2.18. The van der Waals surface area contributed by atoms with E-state index in [2.05, 4.69) is 16.0 Å². The molecular weight excluding hydrogens is 521 g/mol. The second-order valence-corrected chi connectivity index (χ2v) is 9.76. The fourth-order valence-electron chi connectivity index (χ4n) is 4.59. The first-order chi connectivity index (χ1) is 19.9. The van der Waals surface area contributed by atoms with Gasteiger partial charge in [-0.25, -0.2) is 4.39 Å². The molecule has 4 aromatic carbocycles. The Balaban J connectivity index is 1.44. The van der Waals surface area contributed by atoms with Crippen molar-refractivity contribution >= 4 is 34.8 Å². The van der Waals surface area contributed by atoms with Gasteiger partial charge in [0.05, 0.1) is 0 Å². The number of carbonyl (C=O) groups excluding carboxylic acids is 4. The van der Waals surface area contributed by atoms with Crippen molar-refractivity contribution in [2.45, 2.75) is 44.3 Å².